The van der Waals surface area contributed by atoms with E-state index in [1.54, 1.807) is 11.1 Å². The van der Waals surface area contributed by atoms with Gasteiger partial charge in [0.05, 0.1) is 23.7 Å². The second-order valence-corrected chi connectivity index (χ2v) is 8.23. The average molecular weight is 447 g/mol. The number of aromatic nitrogens is 3. The highest BCUT2D eigenvalue weighted by Gasteiger charge is 2.34. The van der Waals surface area contributed by atoms with E-state index in [0.29, 0.717) is 13.1 Å². The maximum atomic E-state index is 13.0. The number of hydrogen-bond donors (Lipinski definition) is 2. The lowest BCUT2D eigenvalue weighted by Crippen LogP contribution is -2.31. The Balaban J connectivity index is 0.000000821. The van der Waals surface area contributed by atoms with Gasteiger partial charge in [-0.3, -0.25) is 14.6 Å². The van der Waals surface area contributed by atoms with Crippen molar-refractivity contribution in [3.05, 3.63) is 77.9 Å². The Morgan fingerprint density at radius 1 is 1.15 bits per heavy atom. The number of hydrogen-bond acceptors (Lipinski definition) is 5. The van der Waals surface area contributed by atoms with Crippen LogP contribution in [0.4, 0.5) is 0 Å². The molecule has 4 heterocycles. The number of carbonyl (C=O) groups is 2. The highest BCUT2D eigenvalue weighted by molar-refractivity contribution is 5.82. The average Bonchev–Trinajstić information content (AvgIpc) is 3.39. The number of nitrogens with zero attached hydrogens (tertiary/aromatic N) is 4. The number of aryl methyl sites for hydroxylation is 1. The molecule has 33 heavy (non-hydrogen) atoms. The summed E-state index contributed by atoms with van der Waals surface area (Å²) in [5.74, 6) is 0.0450. The standard InChI is InChI=1S/C24H24N4O2.CH2O2/c1-16-5-4-10-28-19(13-26-24(16)28)12-23(30)27-14-18(22(29)15-27)11-17-8-9-25-21-7-3-2-6-20(17)21;2-1-3/h2-10,13,18,22,29H,11-12,14-15H2,1H3;1H,(H,2,3)/t18-,22+;/m1./s1. The number of imidazole rings is 1. The van der Waals surface area contributed by atoms with Gasteiger partial charge in [-0.1, -0.05) is 24.3 Å². The minimum absolute atomic E-state index is 0.0178. The van der Waals surface area contributed by atoms with Crippen molar-refractivity contribution in [2.75, 3.05) is 13.1 Å². The third-order valence-electron chi connectivity index (χ3n) is 6.12. The number of fused-ring (bicyclic) bond motifs is 2. The molecule has 8 heteroatoms. The van der Waals surface area contributed by atoms with Gasteiger partial charge in [0.15, 0.2) is 0 Å². The van der Waals surface area contributed by atoms with E-state index in [1.165, 1.54) is 0 Å². The smallest absolute Gasteiger partial charge is 0.290 e. The van der Waals surface area contributed by atoms with E-state index in [4.69, 9.17) is 9.90 Å². The molecular formula is C25H26N4O4. The summed E-state index contributed by atoms with van der Waals surface area (Å²) in [5, 5.41) is 18.6. The number of amides is 1. The van der Waals surface area contributed by atoms with Gasteiger partial charge in [-0.05, 0) is 42.7 Å². The molecule has 5 rings (SSSR count). The molecule has 170 valence electrons. The summed E-state index contributed by atoms with van der Waals surface area (Å²) < 4.78 is 1.97. The predicted molar refractivity (Wildman–Crippen MR) is 124 cm³/mol. The first-order valence-electron chi connectivity index (χ1n) is 10.8. The summed E-state index contributed by atoms with van der Waals surface area (Å²) in [6, 6.07) is 14.0. The van der Waals surface area contributed by atoms with Crippen molar-refractivity contribution in [2.24, 2.45) is 5.92 Å². The number of aliphatic hydroxyl groups is 1. The summed E-state index contributed by atoms with van der Waals surface area (Å²) in [6.45, 7) is 2.70. The number of carbonyl (C=O) groups excluding carboxylic acids is 1. The number of aliphatic hydroxyl groups excluding tert-OH is 1. The molecule has 1 fully saturated rings. The van der Waals surface area contributed by atoms with Crippen LogP contribution in [0.25, 0.3) is 16.6 Å². The van der Waals surface area contributed by atoms with Crippen molar-refractivity contribution in [2.45, 2.75) is 25.9 Å². The third-order valence-corrected chi connectivity index (χ3v) is 6.12. The second kappa shape index (κ2) is 9.79. The number of rotatable bonds is 4. The van der Waals surface area contributed by atoms with Gasteiger partial charge in [0.25, 0.3) is 6.47 Å². The molecule has 8 nitrogen and oxygen atoms in total. The molecule has 2 atom stereocenters. The highest BCUT2D eigenvalue weighted by atomic mass is 16.3. The van der Waals surface area contributed by atoms with Crippen molar-refractivity contribution in [3.8, 4) is 0 Å². The second-order valence-electron chi connectivity index (χ2n) is 8.23. The molecule has 1 saturated heterocycles. The largest absolute Gasteiger partial charge is 0.483 e. The predicted octanol–water partition coefficient (Wildman–Crippen LogP) is 2.50. The fraction of sp³-hybridized carbons (Fsp3) is 0.280. The fourth-order valence-electron chi connectivity index (χ4n) is 4.47. The maximum Gasteiger partial charge on any atom is 0.290 e. The first-order valence-corrected chi connectivity index (χ1v) is 10.8. The first-order chi connectivity index (χ1) is 16.0. The van der Waals surface area contributed by atoms with E-state index < -0.39 is 6.10 Å². The van der Waals surface area contributed by atoms with Gasteiger partial charge in [-0.15, -0.1) is 0 Å². The molecular weight excluding hydrogens is 420 g/mol. The van der Waals surface area contributed by atoms with Crippen LogP contribution in [-0.2, 0) is 22.4 Å². The molecule has 3 aromatic heterocycles. The lowest BCUT2D eigenvalue weighted by atomic mass is 9.94. The van der Waals surface area contributed by atoms with Crippen LogP contribution >= 0.6 is 0 Å². The molecule has 0 aliphatic carbocycles. The quantitative estimate of drug-likeness (QED) is 0.467. The number of pyridine rings is 2. The van der Waals surface area contributed by atoms with Crippen molar-refractivity contribution in [3.63, 3.8) is 0 Å². The number of benzene rings is 1. The minimum Gasteiger partial charge on any atom is -0.483 e. The Labute approximate surface area is 191 Å². The van der Waals surface area contributed by atoms with Crippen molar-refractivity contribution in [1.82, 2.24) is 19.3 Å². The molecule has 1 aliphatic rings. The molecule has 2 N–H and O–H groups in total. The van der Waals surface area contributed by atoms with E-state index in [2.05, 4.69) is 16.0 Å². The molecule has 0 spiro atoms. The zero-order chi connectivity index (χ0) is 23.4. The van der Waals surface area contributed by atoms with Gasteiger partial charge in [0.2, 0.25) is 5.91 Å². The number of likely N-dealkylation sites (tertiary alicyclic amines) is 1. The Morgan fingerprint density at radius 2 is 1.94 bits per heavy atom. The molecule has 1 amide bonds. The molecule has 0 unspecified atom stereocenters. The zero-order valence-corrected chi connectivity index (χ0v) is 18.3. The number of para-hydroxylation sites is 1. The molecule has 1 aliphatic heterocycles. The van der Waals surface area contributed by atoms with Crippen LogP contribution in [0.2, 0.25) is 0 Å². The molecule has 0 bridgehead atoms. The Kier molecular flexibility index (Phi) is 6.65. The van der Waals surface area contributed by atoms with Crippen LogP contribution in [-0.4, -0.2) is 61.1 Å². The fourth-order valence-corrected chi connectivity index (χ4v) is 4.47. The van der Waals surface area contributed by atoms with Crippen molar-refractivity contribution in [1.29, 1.82) is 0 Å². The summed E-state index contributed by atoms with van der Waals surface area (Å²) in [7, 11) is 0. The zero-order valence-electron chi connectivity index (χ0n) is 18.3. The van der Waals surface area contributed by atoms with Crippen molar-refractivity contribution < 1.29 is 19.8 Å². The van der Waals surface area contributed by atoms with E-state index >= 15 is 0 Å². The summed E-state index contributed by atoms with van der Waals surface area (Å²) >= 11 is 0. The van der Waals surface area contributed by atoms with Crippen LogP contribution in [0.15, 0.2) is 61.1 Å². The summed E-state index contributed by atoms with van der Waals surface area (Å²) in [4.78, 5) is 32.0. The van der Waals surface area contributed by atoms with E-state index in [9.17, 15) is 9.90 Å². The summed E-state index contributed by atoms with van der Waals surface area (Å²) in [6.07, 6.45) is 6.01. The first kappa shape index (κ1) is 22.4. The van der Waals surface area contributed by atoms with E-state index in [0.717, 1.165) is 39.8 Å². The van der Waals surface area contributed by atoms with Gasteiger partial charge in [-0.25, -0.2) is 4.98 Å². The lowest BCUT2D eigenvalue weighted by molar-refractivity contribution is -0.130. The highest BCUT2D eigenvalue weighted by Crippen LogP contribution is 2.26. The lowest BCUT2D eigenvalue weighted by Gasteiger charge is -2.16. The monoisotopic (exact) mass is 446 g/mol. The maximum absolute atomic E-state index is 13.0. The Hall–Kier alpha value is -3.78. The normalized spacial score (nSPS) is 17.7. The molecule has 0 saturated carbocycles. The Bertz CT molecular complexity index is 1280. The minimum atomic E-state index is -0.523. The molecule has 4 aromatic rings. The van der Waals surface area contributed by atoms with Gasteiger partial charge < -0.3 is 19.5 Å². The van der Waals surface area contributed by atoms with Gasteiger partial charge in [0.1, 0.15) is 5.65 Å². The van der Waals surface area contributed by atoms with Crippen LogP contribution in [0, 0.1) is 12.8 Å². The van der Waals surface area contributed by atoms with Crippen LogP contribution in [0.5, 0.6) is 0 Å². The van der Waals surface area contributed by atoms with Crippen LogP contribution < -0.4 is 0 Å². The topological polar surface area (TPSA) is 108 Å². The number of carboxylic acid groups (broad SMARTS) is 1. The van der Waals surface area contributed by atoms with Crippen molar-refractivity contribution >= 4 is 28.9 Å². The SMILES string of the molecule is Cc1cccn2c(CC(=O)N3C[C@@H](Cc4ccnc5ccccc45)[C@@H](O)C3)cnc12.O=CO. The molecule has 0 radical (unpaired) electrons. The third kappa shape index (κ3) is 4.70. The number of β-amino-alcohol motifs (C(OH)–C–C–N with tert-alkyl or cyclic N) is 1. The van der Waals surface area contributed by atoms with E-state index in [1.807, 2.05) is 60.1 Å². The molecule has 1 aromatic carbocycles. The van der Waals surface area contributed by atoms with Gasteiger partial charge >= 0.3 is 0 Å². The van der Waals surface area contributed by atoms with Gasteiger partial charge in [-0.2, -0.15) is 0 Å². The van der Waals surface area contributed by atoms with E-state index in [-0.39, 0.29) is 24.7 Å². The van der Waals surface area contributed by atoms with Crippen LogP contribution in [0.1, 0.15) is 16.8 Å². The van der Waals surface area contributed by atoms with Crippen LogP contribution in [0.3, 0.4) is 0 Å². The Morgan fingerprint density at radius 3 is 2.76 bits per heavy atom. The van der Waals surface area contributed by atoms with Gasteiger partial charge in [0, 0.05) is 43.0 Å². The summed E-state index contributed by atoms with van der Waals surface area (Å²) in [5.41, 5.74) is 4.95.